The monoisotopic (exact) mass is 256 g/mol. The van der Waals surface area contributed by atoms with Crippen LogP contribution in [-0.2, 0) is 4.79 Å². The minimum atomic E-state index is -0.232. The number of benzene rings is 1. The maximum Gasteiger partial charge on any atom is 0.231 e. The van der Waals surface area contributed by atoms with Crippen LogP contribution in [0.15, 0.2) is 43.0 Å². The molecular weight excluding hydrogens is 236 g/mol. The fraction of sp³-hybridized carbons (Fsp3) is 0.438. The predicted octanol–water partition coefficient (Wildman–Crippen LogP) is 1.78. The first kappa shape index (κ1) is 12.4. The molecule has 2 atom stereocenters. The Morgan fingerprint density at radius 3 is 2.95 bits per heavy atom. The summed E-state index contributed by atoms with van der Waals surface area (Å²) in [5, 5.41) is 3.42. The van der Waals surface area contributed by atoms with Crippen molar-refractivity contribution in [1.82, 2.24) is 10.2 Å². The zero-order valence-corrected chi connectivity index (χ0v) is 11.1. The Hall–Kier alpha value is -1.61. The van der Waals surface area contributed by atoms with E-state index in [0.29, 0.717) is 18.4 Å². The van der Waals surface area contributed by atoms with E-state index >= 15 is 0 Å². The molecule has 0 aliphatic carbocycles. The van der Waals surface area contributed by atoms with Gasteiger partial charge in [-0.2, -0.15) is 0 Å². The molecular formula is C16H20N2O. The second kappa shape index (κ2) is 4.82. The van der Waals surface area contributed by atoms with Crippen LogP contribution in [0, 0.1) is 5.41 Å². The highest BCUT2D eigenvalue weighted by Gasteiger charge is 2.54. The van der Waals surface area contributed by atoms with Crippen molar-refractivity contribution in [2.45, 2.75) is 12.3 Å². The topological polar surface area (TPSA) is 32.3 Å². The van der Waals surface area contributed by atoms with Crippen LogP contribution in [0.5, 0.6) is 0 Å². The quantitative estimate of drug-likeness (QED) is 0.836. The molecule has 2 aliphatic heterocycles. The van der Waals surface area contributed by atoms with E-state index in [4.69, 9.17) is 0 Å². The van der Waals surface area contributed by atoms with Crippen molar-refractivity contribution >= 4 is 5.91 Å². The number of likely N-dealkylation sites (tertiary alicyclic amines) is 1. The van der Waals surface area contributed by atoms with Gasteiger partial charge in [0.1, 0.15) is 0 Å². The van der Waals surface area contributed by atoms with Crippen LogP contribution in [-0.4, -0.2) is 37.0 Å². The lowest BCUT2D eigenvalue weighted by Crippen LogP contribution is -2.39. The molecule has 1 spiro atoms. The Labute approximate surface area is 114 Å². The summed E-state index contributed by atoms with van der Waals surface area (Å²) in [6.07, 6.45) is 2.77. The van der Waals surface area contributed by atoms with Gasteiger partial charge in [-0.05, 0) is 12.0 Å². The molecule has 100 valence electrons. The fourth-order valence-corrected chi connectivity index (χ4v) is 3.56. The van der Waals surface area contributed by atoms with Gasteiger partial charge in [0.25, 0.3) is 0 Å². The number of carbonyl (C=O) groups is 1. The smallest absolute Gasteiger partial charge is 0.231 e. The summed E-state index contributed by atoms with van der Waals surface area (Å²) in [7, 11) is 0. The minimum Gasteiger partial charge on any atom is -0.338 e. The zero-order valence-electron chi connectivity index (χ0n) is 11.1. The molecule has 1 amide bonds. The zero-order chi connectivity index (χ0) is 13.3. The van der Waals surface area contributed by atoms with Crippen molar-refractivity contribution < 1.29 is 4.79 Å². The molecule has 0 bridgehead atoms. The molecule has 3 heteroatoms. The second-order valence-corrected chi connectivity index (χ2v) is 5.54. The van der Waals surface area contributed by atoms with Crippen LogP contribution < -0.4 is 5.32 Å². The Balaban J connectivity index is 1.91. The van der Waals surface area contributed by atoms with Crippen molar-refractivity contribution in [3.05, 3.63) is 48.6 Å². The number of hydrogen-bond acceptors (Lipinski definition) is 2. The summed E-state index contributed by atoms with van der Waals surface area (Å²) < 4.78 is 0. The van der Waals surface area contributed by atoms with Crippen LogP contribution in [0.2, 0.25) is 0 Å². The predicted molar refractivity (Wildman–Crippen MR) is 75.9 cm³/mol. The third kappa shape index (κ3) is 1.89. The van der Waals surface area contributed by atoms with Crippen molar-refractivity contribution in [1.29, 1.82) is 0 Å². The highest BCUT2D eigenvalue weighted by atomic mass is 16.2. The summed E-state index contributed by atoms with van der Waals surface area (Å²) >= 11 is 0. The summed E-state index contributed by atoms with van der Waals surface area (Å²) in [5.41, 5.74) is 1.05. The van der Waals surface area contributed by atoms with E-state index in [2.05, 4.69) is 36.2 Å². The maximum absolute atomic E-state index is 12.7. The van der Waals surface area contributed by atoms with Crippen molar-refractivity contribution in [2.75, 3.05) is 26.2 Å². The fourth-order valence-electron chi connectivity index (χ4n) is 3.56. The molecule has 1 aromatic carbocycles. The van der Waals surface area contributed by atoms with Crippen LogP contribution in [0.1, 0.15) is 17.9 Å². The molecule has 2 aliphatic rings. The van der Waals surface area contributed by atoms with Gasteiger partial charge in [0.15, 0.2) is 0 Å². The highest BCUT2D eigenvalue weighted by Crippen LogP contribution is 2.46. The number of nitrogens with one attached hydrogen (secondary N) is 1. The molecule has 0 aromatic heterocycles. The summed E-state index contributed by atoms with van der Waals surface area (Å²) in [6.45, 7) is 6.97. The molecule has 0 radical (unpaired) electrons. The standard InChI is InChI=1S/C16H20N2O/c1-2-9-18-10-8-16(15(18)19)12-17-11-14(16)13-6-4-3-5-7-13/h2-7,14,17H,1,8-12H2/t14-,16+/m1/s1. The van der Waals surface area contributed by atoms with Gasteiger partial charge in [0.2, 0.25) is 5.91 Å². The Kier molecular flexibility index (Phi) is 3.15. The van der Waals surface area contributed by atoms with E-state index in [-0.39, 0.29) is 5.41 Å². The van der Waals surface area contributed by atoms with E-state index < -0.39 is 0 Å². The van der Waals surface area contributed by atoms with Gasteiger partial charge in [-0.15, -0.1) is 6.58 Å². The first-order valence-electron chi connectivity index (χ1n) is 6.94. The molecule has 19 heavy (non-hydrogen) atoms. The lowest BCUT2D eigenvalue weighted by molar-refractivity contribution is -0.135. The molecule has 3 rings (SSSR count). The van der Waals surface area contributed by atoms with Gasteiger partial charge in [-0.3, -0.25) is 4.79 Å². The Morgan fingerprint density at radius 2 is 2.21 bits per heavy atom. The molecule has 2 saturated heterocycles. The number of carbonyl (C=O) groups excluding carboxylic acids is 1. The van der Waals surface area contributed by atoms with Crippen LogP contribution in [0.3, 0.4) is 0 Å². The number of rotatable bonds is 3. The Bertz CT molecular complexity index is 485. The molecule has 2 heterocycles. The van der Waals surface area contributed by atoms with Crippen molar-refractivity contribution in [2.24, 2.45) is 5.41 Å². The van der Waals surface area contributed by atoms with E-state index in [1.165, 1.54) is 5.56 Å². The normalized spacial score (nSPS) is 30.2. The third-order valence-electron chi connectivity index (χ3n) is 4.55. The summed E-state index contributed by atoms with van der Waals surface area (Å²) in [4.78, 5) is 14.7. The summed E-state index contributed by atoms with van der Waals surface area (Å²) in [5.74, 6) is 0.599. The molecule has 0 unspecified atom stereocenters. The van der Waals surface area contributed by atoms with Crippen LogP contribution >= 0.6 is 0 Å². The average Bonchev–Trinajstić information content (AvgIpc) is 3.00. The summed E-state index contributed by atoms with van der Waals surface area (Å²) in [6, 6.07) is 10.4. The molecule has 1 aromatic rings. The Morgan fingerprint density at radius 1 is 1.42 bits per heavy atom. The number of amides is 1. The van der Waals surface area contributed by atoms with Crippen molar-refractivity contribution in [3.8, 4) is 0 Å². The van der Waals surface area contributed by atoms with Gasteiger partial charge in [-0.25, -0.2) is 0 Å². The van der Waals surface area contributed by atoms with E-state index in [1.807, 2.05) is 17.0 Å². The molecule has 1 N–H and O–H groups in total. The van der Waals surface area contributed by atoms with Gasteiger partial charge < -0.3 is 10.2 Å². The van der Waals surface area contributed by atoms with Crippen LogP contribution in [0.4, 0.5) is 0 Å². The van der Waals surface area contributed by atoms with Crippen LogP contribution in [0.25, 0.3) is 0 Å². The lowest BCUT2D eigenvalue weighted by Gasteiger charge is -2.29. The minimum absolute atomic E-state index is 0.232. The lowest BCUT2D eigenvalue weighted by atomic mass is 9.73. The van der Waals surface area contributed by atoms with Crippen molar-refractivity contribution in [3.63, 3.8) is 0 Å². The van der Waals surface area contributed by atoms with Gasteiger partial charge in [0, 0.05) is 32.1 Å². The molecule has 0 saturated carbocycles. The first-order chi connectivity index (χ1) is 9.28. The SMILES string of the molecule is C=CCN1CC[C@@]2(CNC[C@@H]2c2ccccc2)C1=O. The van der Waals surface area contributed by atoms with Gasteiger partial charge in [-0.1, -0.05) is 36.4 Å². The highest BCUT2D eigenvalue weighted by molar-refractivity contribution is 5.87. The van der Waals surface area contributed by atoms with Gasteiger partial charge in [0.05, 0.1) is 5.41 Å². The molecule has 3 nitrogen and oxygen atoms in total. The van der Waals surface area contributed by atoms with E-state index in [9.17, 15) is 4.79 Å². The largest absolute Gasteiger partial charge is 0.338 e. The third-order valence-corrected chi connectivity index (χ3v) is 4.55. The van der Waals surface area contributed by atoms with E-state index in [0.717, 1.165) is 26.1 Å². The number of hydrogen-bond donors (Lipinski definition) is 1. The van der Waals surface area contributed by atoms with E-state index in [1.54, 1.807) is 0 Å². The maximum atomic E-state index is 12.7. The van der Waals surface area contributed by atoms with Gasteiger partial charge >= 0.3 is 0 Å². The second-order valence-electron chi connectivity index (χ2n) is 5.54. The average molecular weight is 256 g/mol. The number of nitrogens with zero attached hydrogens (tertiary/aromatic N) is 1. The molecule has 2 fully saturated rings. The first-order valence-corrected chi connectivity index (χ1v) is 6.94.